The fraction of sp³-hybridized carbons (Fsp3) is 0.467. The third-order valence-corrected chi connectivity index (χ3v) is 4.91. The second kappa shape index (κ2) is 8.28. The summed E-state index contributed by atoms with van der Waals surface area (Å²) in [7, 11) is -1.59. The molecule has 0 aromatic heterocycles. The van der Waals surface area contributed by atoms with Gasteiger partial charge in [-0.25, -0.2) is 0 Å². The number of hydrogen-bond acceptors (Lipinski definition) is 1. The molecule has 0 saturated carbocycles. The number of thiol groups is 1. The van der Waals surface area contributed by atoms with Crippen molar-refractivity contribution in [1.29, 1.82) is 0 Å². The van der Waals surface area contributed by atoms with Gasteiger partial charge in [0.05, 0.1) is 0 Å². The molecule has 116 valence electrons. The Kier molecular flexibility index (Phi) is 8.60. The van der Waals surface area contributed by atoms with E-state index in [2.05, 4.69) is 43.7 Å². The Balaban J connectivity index is 0.00000441. The molecule has 1 rings (SSSR count). The third kappa shape index (κ3) is 6.39. The molecule has 0 aliphatic rings. The first kappa shape index (κ1) is 22.8. The van der Waals surface area contributed by atoms with Crippen LogP contribution in [0.25, 0.3) is 0 Å². The molecule has 0 heterocycles. The van der Waals surface area contributed by atoms with Gasteiger partial charge in [-0.05, 0) is 37.5 Å². The third-order valence-electron chi connectivity index (χ3n) is 3.36. The normalized spacial score (nSPS) is 11.5. The first-order valence-corrected chi connectivity index (χ1v) is 10.8. The van der Waals surface area contributed by atoms with Crippen LogP contribution in [0.3, 0.4) is 0 Å². The van der Waals surface area contributed by atoms with E-state index in [1.807, 2.05) is 6.92 Å². The van der Waals surface area contributed by atoms with Crippen molar-refractivity contribution in [3.05, 3.63) is 27.8 Å². The Hall–Kier alpha value is 0.838. The number of hydrogen-bond donors (Lipinski definition) is 1. The van der Waals surface area contributed by atoms with Gasteiger partial charge in [0, 0.05) is 10.5 Å². The Morgan fingerprint density at radius 3 is 1.91 bits per heavy atom. The zero-order valence-corrected chi connectivity index (χ0v) is 19.4. The van der Waals surface area contributed by atoms with Gasteiger partial charge >= 0.3 is 58.4 Å². The molecule has 1 aromatic carbocycles. The van der Waals surface area contributed by atoms with Crippen LogP contribution in [0.1, 0.15) is 27.8 Å². The van der Waals surface area contributed by atoms with E-state index in [0.29, 0.717) is 27.1 Å². The smallest absolute Gasteiger partial charge is 0.449 e. The van der Waals surface area contributed by atoms with E-state index in [1.165, 1.54) is 0 Å². The van der Waals surface area contributed by atoms with Gasteiger partial charge in [-0.15, -0.1) is 18.2 Å². The molecule has 0 unspecified atom stereocenters. The Morgan fingerprint density at radius 1 is 1.00 bits per heavy atom. The Morgan fingerprint density at radius 2 is 1.50 bits per heavy atom. The fourth-order valence-electron chi connectivity index (χ4n) is 2.23. The predicted octanol–water partition coefficient (Wildman–Crippen LogP) is 2.06. The van der Waals surface area contributed by atoms with E-state index in [4.69, 9.17) is 0 Å². The van der Waals surface area contributed by atoms with Crippen LogP contribution in [0, 0.1) is 32.2 Å². The van der Waals surface area contributed by atoms with E-state index >= 15 is 0 Å². The van der Waals surface area contributed by atoms with E-state index in [1.54, 1.807) is 13.8 Å². The second-order valence-corrected chi connectivity index (χ2v) is 11.7. The zero-order chi connectivity index (χ0) is 16.6. The van der Waals surface area contributed by atoms with Gasteiger partial charge in [0.25, 0.3) is 0 Å². The monoisotopic (exact) mass is 368 g/mol. The van der Waals surface area contributed by atoms with Crippen molar-refractivity contribution >= 4 is 27.7 Å². The number of benzene rings is 1. The fourth-order valence-corrected chi connectivity index (χ4v) is 2.98. The number of rotatable bonds is 2. The van der Waals surface area contributed by atoms with Gasteiger partial charge in [-0.1, -0.05) is 37.4 Å². The average molecular weight is 368 g/mol. The molecule has 0 nitrogen and oxygen atoms in total. The molecular weight excluding hydrogens is 347 g/mol. The van der Waals surface area contributed by atoms with Crippen LogP contribution in [-0.2, 0) is 6.32 Å². The molecule has 0 bridgehead atoms. The minimum Gasteiger partial charge on any atom is -0.449 e. The molecule has 0 fully saturated rings. The summed E-state index contributed by atoms with van der Waals surface area (Å²) in [5.41, 5.74) is 6.41. The molecule has 22 heavy (non-hydrogen) atoms. The van der Waals surface area contributed by atoms with Crippen LogP contribution in [-0.4, -0.2) is 15.1 Å². The van der Waals surface area contributed by atoms with Crippen molar-refractivity contribution < 1.29 is 64.3 Å². The molecule has 7 heteroatoms. The summed E-state index contributed by atoms with van der Waals surface area (Å²) < 4.78 is 38.5. The van der Waals surface area contributed by atoms with Crippen LogP contribution < -0.4 is 51.4 Å². The topological polar surface area (TPSA) is 0 Å². The molecule has 0 amide bonds. The summed E-state index contributed by atoms with van der Waals surface area (Å²) in [6.07, 6.45) is -0.868. The summed E-state index contributed by atoms with van der Waals surface area (Å²) >= 11 is 4.40. The summed E-state index contributed by atoms with van der Waals surface area (Å²) in [6, 6.07) is 0. The maximum Gasteiger partial charge on any atom is 1.00 e. The van der Waals surface area contributed by atoms with Crippen LogP contribution in [0.5, 0.6) is 0 Å². The van der Waals surface area contributed by atoms with Gasteiger partial charge in [0.15, 0.2) is 0 Å². The molecule has 0 N–H and O–H groups in total. The van der Waals surface area contributed by atoms with Gasteiger partial charge < -0.3 is 12.9 Å². The molecular formula is C15H21BF3KSSi. The van der Waals surface area contributed by atoms with Crippen LogP contribution >= 0.6 is 12.6 Å². The number of halogens is 3. The van der Waals surface area contributed by atoms with E-state index in [0.717, 1.165) is 5.56 Å². The Labute approximate surface area is 180 Å². The van der Waals surface area contributed by atoms with Crippen LogP contribution in [0.4, 0.5) is 12.9 Å². The molecule has 1 aromatic rings. The van der Waals surface area contributed by atoms with Crippen molar-refractivity contribution in [1.82, 2.24) is 0 Å². The van der Waals surface area contributed by atoms with Crippen molar-refractivity contribution in [2.45, 2.75) is 51.6 Å². The first-order chi connectivity index (χ1) is 9.33. The van der Waals surface area contributed by atoms with E-state index in [9.17, 15) is 12.9 Å². The summed E-state index contributed by atoms with van der Waals surface area (Å²) in [6.45, 7) is 6.78. The standard InChI is InChI=1S/C15H21BF3SSi.K/c1-10-13(7-8-21(4,5)6)11(2)15(20)12(3)14(10)9-16(17,18)19;/h20H,9H2,1-6H3;/q-1;+1. The SMILES string of the molecule is Cc1c(S)c(C)c(C[B-](F)(F)F)c(C)c1C#C[Si](C)(C)C.[K+]. The maximum absolute atomic E-state index is 12.8. The quantitative estimate of drug-likeness (QED) is 0.461. The van der Waals surface area contributed by atoms with E-state index in [-0.39, 0.29) is 51.4 Å². The van der Waals surface area contributed by atoms with Gasteiger partial charge in [-0.2, -0.15) is 0 Å². The second-order valence-electron chi connectivity index (χ2n) is 6.49. The van der Waals surface area contributed by atoms with Gasteiger partial charge in [-0.3, -0.25) is 0 Å². The molecule has 0 aliphatic carbocycles. The van der Waals surface area contributed by atoms with Crippen molar-refractivity contribution in [3.63, 3.8) is 0 Å². The molecule has 0 atom stereocenters. The van der Waals surface area contributed by atoms with Crippen molar-refractivity contribution in [3.8, 4) is 11.5 Å². The minimum absolute atomic E-state index is 0. The molecule has 0 aliphatic heterocycles. The van der Waals surface area contributed by atoms with Gasteiger partial charge in [0.1, 0.15) is 8.07 Å². The molecule has 0 spiro atoms. The van der Waals surface area contributed by atoms with Crippen molar-refractivity contribution in [2.24, 2.45) is 0 Å². The average Bonchev–Trinajstić information content (AvgIpc) is 2.29. The zero-order valence-electron chi connectivity index (χ0n) is 14.4. The predicted molar refractivity (Wildman–Crippen MR) is 90.9 cm³/mol. The largest absolute Gasteiger partial charge is 1.00 e. The molecule has 0 radical (unpaired) electrons. The summed E-state index contributed by atoms with van der Waals surface area (Å²) in [4.78, 5) is 0.621. The minimum atomic E-state index is -4.87. The van der Waals surface area contributed by atoms with Crippen LogP contribution in [0.15, 0.2) is 4.90 Å². The van der Waals surface area contributed by atoms with Crippen LogP contribution in [0.2, 0.25) is 19.6 Å². The van der Waals surface area contributed by atoms with Gasteiger partial charge in [0.2, 0.25) is 0 Å². The summed E-state index contributed by atoms with van der Waals surface area (Å²) in [5.74, 6) is 3.12. The first-order valence-electron chi connectivity index (χ1n) is 6.89. The Bertz CT molecular complexity index is 625. The molecule has 0 saturated heterocycles. The van der Waals surface area contributed by atoms with Crippen molar-refractivity contribution in [2.75, 3.05) is 0 Å². The van der Waals surface area contributed by atoms with E-state index < -0.39 is 21.4 Å². The summed E-state index contributed by atoms with van der Waals surface area (Å²) in [5, 5.41) is 0. The maximum atomic E-state index is 12.8.